The van der Waals surface area contributed by atoms with E-state index in [1.165, 1.54) is 0 Å². The second-order valence-electron chi connectivity index (χ2n) is 9.21. The van der Waals surface area contributed by atoms with Crippen LogP contribution in [0.15, 0.2) is 48.6 Å². The number of fused-ring (bicyclic) bond motifs is 2. The number of likely N-dealkylation sites (N-methyl/N-ethyl adjacent to an activating group) is 1. The molecule has 8 heteroatoms. The van der Waals surface area contributed by atoms with Crippen molar-refractivity contribution in [2.45, 2.75) is 36.9 Å². The third-order valence-corrected chi connectivity index (χ3v) is 7.54. The van der Waals surface area contributed by atoms with Gasteiger partial charge in [-0.05, 0) is 47.0 Å². The molecule has 2 amide bonds. The zero-order valence-electron chi connectivity index (χ0n) is 18.9. The number of ether oxygens (including phenoxy) is 3. The molecular weight excluding hydrogens is 436 g/mol. The van der Waals surface area contributed by atoms with Crippen molar-refractivity contribution in [3.05, 3.63) is 65.2 Å². The molecule has 4 aliphatic rings. The number of nitrogens with zero attached hydrogens (tertiary/aromatic N) is 2. The Morgan fingerprint density at radius 2 is 1.88 bits per heavy atom. The Morgan fingerprint density at radius 1 is 1.15 bits per heavy atom. The van der Waals surface area contributed by atoms with Crippen LogP contribution in [-0.2, 0) is 32.8 Å². The van der Waals surface area contributed by atoms with Crippen LogP contribution in [0.25, 0.3) is 0 Å². The summed E-state index contributed by atoms with van der Waals surface area (Å²) in [6.45, 7) is 0.410. The molecule has 0 radical (unpaired) electrons. The number of carbonyl (C=O) groups excluding carboxylic acids is 3. The first kappa shape index (κ1) is 20.8. The summed E-state index contributed by atoms with van der Waals surface area (Å²) in [5.41, 5.74) is 1.82. The Morgan fingerprint density at radius 3 is 2.62 bits per heavy atom. The maximum Gasteiger partial charge on any atom is 0.246 e. The minimum absolute atomic E-state index is 0.0279. The second kappa shape index (κ2) is 7.35. The number of ketones is 1. The summed E-state index contributed by atoms with van der Waals surface area (Å²) in [6.07, 6.45) is 3.76. The maximum atomic E-state index is 13.7. The summed E-state index contributed by atoms with van der Waals surface area (Å²) in [5, 5.41) is 0. The summed E-state index contributed by atoms with van der Waals surface area (Å²) in [7, 11) is 3.32. The molecule has 3 aliphatic heterocycles. The molecule has 0 bridgehead atoms. The maximum absolute atomic E-state index is 13.7. The van der Waals surface area contributed by atoms with Crippen molar-refractivity contribution in [2.75, 3.05) is 21.0 Å². The van der Waals surface area contributed by atoms with Gasteiger partial charge in [-0.3, -0.25) is 14.4 Å². The minimum atomic E-state index is -0.829. The van der Waals surface area contributed by atoms with Crippen LogP contribution in [0, 0.1) is 0 Å². The van der Waals surface area contributed by atoms with Crippen molar-refractivity contribution in [2.24, 2.45) is 0 Å². The molecule has 34 heavy (non-hydrogen) atoms. The number of allylic oxidation sites excluding steroid dienone is 1. The van der Waals surface area contributed by atoms with E-state index in [2.05, 4.69) is 0 Å². The lowest BCUT2D eigenvalue weighted by atomic mass is 9.63. The van der Waals surface area contributed by atoms with Gasteiger partial charge in [0.25, 0.3) is 0 Å². The highest BCUT2D eigenvalue weighted by Gasteiger charge is 2.64. The lowest BCUT2D eigenvalue weighted by molar-refractivity contribution is -0.143. The van der Waals surface area contributed by atoms with Gasteiger partial charge in [0.05, 0.1) is 25.0 Å². The van der Waals surface area contributed by atoms with Crippen LogP contribution in [0.5, 0.6) is 17.2 Å². The fraction of sp³-hybridized carbons (Fsp3) is 0.346. The largest absolute Gasteiger partial charge is 0.497 e. The number of benzene rings is 2. The average Bonchev–Trinajstić information content (AvgIpc) is 3.39. The van der Waals surface area contributed by atoms with Crippen LogP contribution < -0.4 is 14.2 Å². The number of hydrogen-bond acceptors (Lipinski definition) is 6. The molecule has 0 aromatic heterocycles. The van der Waals surface area contributed by atoms with Gasteiger partial charge in [0.1, 0.15) is 11.8 Å². The average molecular weight is 460 g/mol. The highest BCUT2D eigenvalue weighted by molar-refractivity contribution is 5.99. The van der Waals surface area contributed by atoms with E-state index < -0.39 is 11.5 Å². The fourth-order valence-corrected chi connectivity index (χ4v) is 5.90. The van der Waals surface area contributed by atoms with Gasteiger partial charge >= 0.3 is 0 Å². The monoisotopic (exact) mass is 460 g/mol. The van der Waals surface area contributed by atoms with E-state index in [0.29, 0.717) is 17.2 Å². The van der Waals surface area contributed by atoms with Gasteiger partial charge in [-0.1, -0.05) is 18.2 Å². The van der Waals surface area contributed by atoms with Crippen molar-refractivity contribution < 1.29 is 28.6 Å². The number of amides is 2. The Balaban J connectivity index is 1.47. The lowest BCUT2D eigenvalue weighted by Gasteiger charge is -2.47. The fourth-order valence-electron chi connectivity index (χ4n) is 5.90. The van der Waals surface area contributed by atoms with E-state index in [0.717, 1.165) is 16.7 Å². The summed E-state index contributed by atoms with van der Waals surface area (Å²) < 4.78 is 16.4. The molecule has 8 nitrogen and oxygen atoms in total. The summed E-state index contributed by atoms with van der Waals surface area (Å²) in [5.74, 6) is 1.63. The van der Waals surface area contributed by atoms with E-state index >= 15 is 0 Å². The van der Waals surface area contributed by atoms with Crippen LogP contribution in [-0.4, -0.2) is 60.4 Å². The molecule has 1 fully saturated rings. The minimum Gasteiger partial charge on any atom is -0.497 e. The van der Waals surface area contributed by atoms with Crippen LogP contribution in [0.2, 0.25) is 0 Å². The highest BCUT2D eigenvalue weighted by Crippen LogP contribution is 2.53. The van der Waals surface area contributed by atoms with Crippen molar-refractivity contribution in [1.82, 2.24) is 9.80 Å². The highest BCUT2D eigenvalue weighted by atomic mass is 16.7. The number of likely N-dealkylation sites (tertiary alicyclic amines) is 1. The molecule has 0 N–H and O–H groups in total. The normalized spacial score (nSPS) is 26.3. The Kier molecular flexibility index (Phi) is 4.49. The van der Waals surface area contributed by atoms with E-state index in [4.69, 9.17) is 14.2 Å². The summed E-state index contributed by atoms with van der Waals surface area (Å²) in [6, 6.07) is 10.1. The smallest absolute Gasteiger partial charge is 0.246 e. The zero-order valence-corrected chi connectivity index (χ0v) is 18.9. The molecule has 3 heterocycles. The van der Waals surface area contributed by atoms with Crippen molar-refractivity contribution in [3.63, 3.8) is 0 Å². The molecule has 1 aliphatic carbocycles. The van der Waals surface area contributed by atoms with Gasteiger partial charge < -0.3 is 24.0 Å². The quantitative estimate of drug-likeness (QED) is 0.697. The Bertz CT molecular complexity index is 1250. The number of carbonyl (C=O) groups is 3. The van der Waals surface area contributed by atoms with E-state index in [9.17, 15) is 14.4 Å². The van der Waals surface area contributed by atoms with Gasteiger partial charge in [-0.25, -0.2) is 0 Å². The predicted molar refractivity (Wildman–Crippen MR) is 121 cm³/mol. The molecule has 0 saturated carbocycles. The molecular formula is C26H24N2O6. The topological polar surface area (TPSA) is 85.4 Å². The first-order valence-electron chi connectivity index (χ1n) is 11.3. The Hall–Kier alpha value is -3.81. The van der Waals surface area contributed by atoms with Crippen molar-refractivity contribution in [3.8, 4) is 17.2 Å². The van der Waals surface area contributed by atoms with Gasteiger partial charge in [0, 0.05) is 20.0 Å². The standard InChI is InChI=1S/C26H24N2O6/c1-27-22-11-17(29)7-8-26(22)19-12-21-20(33-14-34-21)10-16(19)13-28(24(26)25(27)31)23(30)9-15-3-5-18(32-2)6-4-15/h3-8,10,12,22,24H,9,11,13-14H2,1-2H3/t22-,24+,26?/m0/s1. The number of hydrogen-bond donors (Lipinski definition) is 0. The van der Waals surface area contributed by atoms with Gasteiger partial charge in [-0.2, -0.15) is 0 Å². The van der Waals surface area contributed by atoms with Gasteiger partial charge in [0.2, 0.25) is 18.6 Å². The van der Waals surface area contributed by atoms with Crippen molar-refractivity contribution >= 4 is 17.6 Å². The van der Waals surface area contributed by atoms with Crippen molar-refractivity contribution in [1.29, 1.82) is 0 Å². The third-order valence-electron chi connectivity index (χ3n) is 7.54. The van der Waals surface area contributed by atoms with E-state index in [1.54, 1.807) is 30.0 Å². The van der Waals surface area contributed by atoms with Gasteiger partial charge in [-0.15, -0.1) is 0 Å². The molecule has 1 unspecified atom stereocenters. The molecule has 6 rings (SSSR count). The molecule has 174 valence electrons. The second-order valence-corrected chi connectivity index (χ2v) is 9.21. The molecule has 1 spiro atoms. The Labute approximate surface area is 196 Å². The molecule has 3 atom stereocenters. The van der Waals surface area contributed by atoms with Gasteiger partial charge in [0.15, 0.2) is 17.3 Å². The zero-order chi connectivity index (χ0) is 23.6. The third kappa shape index (κ3) is 2.81. The molecule has 2 aromatic carbocycles. The number of rotatable bonds is 3. The van der Waals surface area contributed by atoms with E-state index in [-0.39, 0.29) is 49.8 Å². The van der Waals surface area contributed by atoms with Crippen LogP contribution in [0.1, 0.15) is 23.1 Å². The summed E-state index contributed by atoms with van der Waals surface area (Å²) >= 11 is 0. The van der Waals surface area contributed by atoms with E-state index in [1.807, 2.05) is 42.5 Å². The predicted octanol–water partition coefficient (Wildman–Crippen LogP) is 1.98. The summed E-state index contributed by atoms with van der Waals surface area (Å²) in [4.78, 5) is 43.0. The first-order chi connectivity index (χ1) is 16.4. The lowest BCUT2D eigenvalue weighted by Crippen LogP contribution is -2.59. The van der Waals surface area contributed by atoms with Crippen LogP contribution in [0.4, 0.5) is 0 Å². The molecule has 2 aromatic rings. The molecule has 1 saturated heterocycles. The first-order valence-corrected chi connectivity index (χ1v) is 11.3. The van der Waals surface area contributed by atoms with Crippen LogP contribution in [0.3, 0.4) is 0 Å². The number of methoxy groups -OCH3 is 1. The SMILES string of the molecule is COc1ccc(CC(=O)N2Cc3cc4c(cc3C35C=CC(=O)C[C@@H]3N(C)C(=O)[C@@H]25)OCO4)cc1. The van der Waals surface area contributed by atoms with Crippen LogP contribution >= 0.6 is 0 Å².